The van der Waals surface area contributed by atoms with Gasteiger partial charge in [-0.3, -0.25) is 4.79 Å². The molecule has 22 heavy (non-hydrogen) atoms. The van der Waals surface area contributed by atoms with Crippen molar-refractivity contribution in [3.8, 4) is 0 Å². The zero-order valence-electron chi connectivity index (χ0n) is 13.2. The Morgan fingerprint density at radius 2 is 2.00 bits per heavy atom. The van der Waals surface area contributed by atoms with Gasteiger partial charge >= 0.3 is 5.97 Å². The van der Waals surface area contributed by atoms with Crippen molar-refractivity contribution in [1.29, 1.82) is 0 Å². The molecule has 0 spiro atoms. The number of carbonyl (C=O) groups excluding carboxylic acids is 2. The molecule has 1 aromatic carbocycles. The van der Waals surface area contributed by atoms with E-state index in [2.05, 4.69) is 11.7 Å². The number of hydrogen-bond acceptors (Lipinski definition) is 3. The maximum Gasteiger partial charge on any atom is 0.337 e. The molecule has 1 aliphatic heterocycles. The van der Waals surface area contributed by atoms with Gasteiger partial charge in [0, 0.05) is 18.7 Å². The van der Waals surface area contributed by atoms with E-state index >= 15 is 0 Å². The van der Waals surface area contributed by atoms with E-state index < -0.39 is 0 Å². The molecule has 1 aromatic rings. The number of piperidine rings is 1. The Hall–Kier alpha value is -2.10. The van der Waals surface area contributed by atoms with Crippen molar-refractivity contribution in [3.05, 3.63) is 41.5 Å². The Kier molecular flexibility index (Phi) is 5.75. The van der Waals surface area contributed by atoms with Gasteiger partial charge in [-0.05, 0) is 49.5 Å². The van der Waals surface area contributed by atoms with Gasteiger partial charge in [0.15, 0.2) is 0 Å². The van der Waals surface area contributed by atoms with Gasteiger partial charge in [0.05, 0.1) is 12.7 Å². The molecule has 0 N–H and O–H groups in total. The average molecular weight is 301 g/mol. The number of carbonyl (C=O) groups is 2. The van der Waals surface area contributed by atoms with E-state index in [0.717, 1.165) is 31.4 Å². The molecule has 1 heterocycles. The van der Waals surface area contributed by atoms with E-state index in [9.17, 15) is 9.59 Å². The lowest BCUT2D eigenvalue weighted by atomic mass is 10.00. The lowest BCUT2D eigenvalue weighted by Crippen LogP contribution is -2.42. The Labute approximate surface area is 131 Å². The Bertz CT molecular complexity index is 548. The van der Waals surface area contributed by atoms with Crippen LogP contribution in [0.25, 0.3) is 6.08 Å². The van der Waals surface area contributed by atoms with Crippen molar-refractivity contribution < 1.29 is 14.3 Å². The molecule has 0 aliphatic carbocycles. The second-order valence-corrected chi connectivity index (χ2v) is 5.54. The normalized spacial score (nSPS) is 18.5. The fourth-order valence-corrected chi connectivity index (χ4v) is 2.83. The van der Waals surface area contributed by atoms with Crippen LogP contribution in [-0.4, -0.2) is 36.5 Å². The van der Waals surface area contributed by atoms with E-state index in [1.807, 2.05) is 17.0 Å². The van der Waals surface area contributed by atoms with Crippen LogP contribution in [0.15, 0.2) is 30.3 Å². The van der Waals surface area contributed by atoms with Crippen LogP contribution < -0.4 is 0 Å². The summed E-state index contributed by atoms with van der Waals surface area (Å²) in [6.45, 7) is 2.98. The lowest BCUT2D eigenvalue weighted by Gasteiger charge is -2.34. The van der Waals surface area contributed by atoms with Crippen LogP contribution in [0.5, 0.6) is 0 Å². The molecule has 4 nitrogen and oxygen atoms in total. The van der Waals surface area contributed by atoms with E-state index in [-0.39, 0.29) is 11.9 Å². The first-order valence-corrected chi connectivity index (χ1v) is 7.82. The van der Waals surface area contributed by atoms with Gasteiger partial charge in [0.25, 0.3) is 0 Å². The summed E-state index contributed by atoms with van der Waals surface area (Å²) in [6, 6.07) is 7.39. The molecular formula is C18H23NO3. The zero-order chi connectivity index (χ0) is 15.9. The van der Waals surface area contributed by atoms with Crippen LogP contribution in [0, 0.1) is 0 Å². The highest BCUT2D eigenvalue weighted by Crippen LogP contribution is 2.20. The van der Waals surface area contributed by atoms with Gasteiger partial charge in [0.2, 0.25) is 5.91 Å². The molecule has 0 bridgehead atoms. The molecule has 0 aromatic heterocycles. The first-order valence-electron chi connectivity index (χ1n) is 7.82. The summed E-state index contributed by atoms with van der Waals surface area (Å²) in [4.78, 5) is 25.7. The highest BCUT2D eigenvalue weighted by atomic mass is 16.5. The molecule has 118 valence electrons. The van der Waals surface area contributed by atoms with E-state index in [4.69, 9.17) is 0 Å². The maximum atomic E-state index is 12.3. The van der Waals surface area contributed by atoms with E-state index in [1.165, 1.54) is 13.5 Å². The highest BCUT2D eigenvalue weighted by molar-refractivity contribution is 5.92. The van der Waals surface area contributed by atoms with Crippen LogP contribution in [0.4, 0.5) is 0 Å². The number of rotatable bonds is 4. The number of benzene rings is 1. The van der Waals surface area contributed by atoms with Crippen LogP contribution in [-0.2, 0) is 9.53 Å². The number of nitrogens with zero attached hydrogens (tertiary/aromatic N) is 1. The van der Waals surface area contributed by atoms with E-state index in [1.54, 1.807) is 24.3 Å². The minimum absolute atomic E-state index is 0.0728. The van der Waals surface area contributed by atoms with Crippen LogP contribution in [0.2, 0.25) is 0 Å². The number of methoxy groups -OCH3 is 1. The smallest absolute Gasteiger partial charge is 0.337 e. The molecule has 4 heteroatoms. The van der Waals surface area contributed by atoms with Gasteiger partial charge in [-0.1, -0.05) is 19.1 Å². The van der Waals surface area contributed by atoms with Gasteiger partial charge in [0.1, 0.15) is 0 Å². The predicted molar refractivity (Wildman–Crippen MR) is 86.5 cm³/mol. The van der Waals surface area contributed by atoms with Crippen LogP contribution in [0.3, 0.4) is 0 Å². The highest BCUT2D eigenvalue weighted by Gasteiger charge is 2.23. The molecule has 1 atom stereocenters. The molecule has 1 unspecified atom stereocenters. The molecule has 1 aliphatic rings. The molecule has 0 radical (unpaired) electrons. The quantitative estimate of drug-likeness (QED) is 0.633. The van der Waals surface area contributed by atoms with E-state index in [0.29, 0.717) is 11.6 Å². The SMILES string of the molecule is CCC1CCCCN1C(=O)C=Cc1ccc(C(=O)OC)cc1. The van der Waals surface area contributed by atoms with Crippen molar-refractivity contribution >= 4 is 18.0 Å². The number of amides is 1. The lowest BCUT2D eigenvalue weighted by molar-refractivity contribution is -0.129. The minimum Gasteiger partial charge on any atom is -0.465 e. The molecule has 2 rings (SSSR count). The van der Waals surface area contributed by atoms with Crippen molar-refractivity contribution in [1.82, 2.24) is 4.90 Å². The number of esters is 1. The van der Waals surface area contributed by atoms with Crippen LogP contribution >= 0.6 is 0 Å². The zero-order valence-corrected chi connectivity index (χ0v) is 13.2. The summed E-state index contributed by atoms with van der Waals surface area (Å²) in [5, 5.41) is 0. The third-order valence-corrected chi connectivity index (χ3v) is 4.13. The topological polar surface area (TPSA) is 46.6 Å². The van der Waals surface area contributed by atoms with Crippen molar-refractivity contribution in [2.75, 3.05) is 13.7 Å². The predicted octanol–water partition coefficient (Wildman–Crippen LogP) is 3.28. The summed E-state index contributed by atoms with van der Waals surface area (Å²) in [7, 11) is 1.36. The minimum atomic E-state index is -0.356. The summed E-state index contributed by atoms with van der Waals surface area (Å²) in [5.41, 5.74) is 1.40. The van der Waals surface area contributed by atoms with Gasteiger partial charge in [-0.25, -0.2) is 4.79 Å². The maximum absolute atomic E-state index is 12.3. The summed E-state index contributed by atoms with van der Waals surface area (Å²) >= 11 is 0. The number of hydrogen-bond donors (Lipinski definition) is 0. The average Bonchev–Trinajstić information content (AvgIpc) is 2.59. The van der Waals surface area contributed by atoms with Gasteiger partial charge < -0.3 is 9.64 Å². The fraction of sp³-hybridized carbons (Fsp3) is 0.444. The van der Waals surface area contributed by atoms with Gasteiger partial charge in [-0.2, -0.15) is 0 Å². The molecule has 1 fully saturated rings. The van der Waals surface area contributed by atoms with Crippen molar-refractivity contribution in [2.45, 2.75) is 38.6 Å². The third-order valence-electron chi connectivity index (χ3n) is 4.13. The second-order valence-electron chi connectivity index (χ2n) is 5.54. The van der Waals surface area contributed by atoms with Crippen molar-refractivity contribution in [2.24, 2.45) is 0 Å². The first kappa shape index (κ1) is 16.3. The molecule has 0 saturated carbocycles. The third kappa shape index (κ3) is 3.97. The fourth-order valence-electron chi connectivity index (χ4n) is 2.83. The first-order chi connectivity index (χ1) is 10.7. The standard InChI is InChI=1S/C18H23NO3/c1-3-16-6-4-5-13-19(16)17(20)12-9-14-7-10-15(11-8-14)18(21)22-2/h7-12,16H,3-6,13H2,1-2H3. The van der Waals surface area contributed by atoms with Gasteiger partial charge in [-0.15, -0.1) is 0 Å². The summed E-state index contributed by atoms with van der Waals surface area (Å²) in [6.07, 6.45) is 7.83. The second kappa shape index (κ2) is 7.78. The number of ether oxygens (including phenoxy) is 1. The molecular weight excluding hydrogens is 278 g/mol. The molecule has 1 amide bonds. The largest absolute Gasteiger partial charge is 0.465 e. The Morgan fingerprint density at radius 3 is 2.64 bits per heavy atom. The van der Waals surface area contributed by atoms with Crippen LogP contribution in [0.1, 0.15) is 48.5 Å². The summed E-state index contributed by atoms with van der Waals surface area (Å²) in [5.74, 6) is -0.283. The number of likely N-dealkylation sites (tertiary alicyclic amines) is 1. The Morgan fingerprint density at radius 1 is 1.27 bits per heavy atom. The Balaban J connectivity index is 2.01. The summed E-state index contributed by atoms with van der Waals surface area (Å²) < 4.78 is 4.66. The van der Waals surface area contributed by atoms with Crippen molar-refractivity contribution in [3.63, 3.8) is 0 Å². The molecule has 1 saturated heterocycles. The monoisotopic (exact) mass is 301 g/mol.